The molecule has 0 spiro atoms. The Kier molecular flexibility index (Phi) is 2.76. The first kappa shape index (κ1) is 9.41. The lowest BCUT2D eigenvalue weighted by Gasteiger charge is -2.15. The molecule has 0 aliphatic rings. The topological polar surface area (TPSA) is 3.24 Å². The van der Waals surface area contributed by atoms with Crippen molar-refractivity contribution in [2.45, 2.75) is 0 Å². The van der Waals surface area contributed by atoms with Crippen LogP contribution in [0.1, 0.15) is 11.1 Å². The van der Waals surface area contributed by atoms with Gasteiger partial charge in [-0.05, 0) is 23.8 Å². The molecule has 13 heavy (non-hydrogen) atoms. The maximum atomic E-state index is 5.30. The molecule has 0 aliphatic heterocycles. The van der Waals surface area contributed by atoms with Gasteiger partial charge in [0.2, 0.25) is 0 Å². The Morgan fingerprint density at radius 1 is 1.46 bits per heavy atom. The quantitative estimate of drug-likeness (QED) is 0.617. The molecule has 0 N–H and O–H groups in total. The first-order valence-electron chi connectivity index (χ1n) is 4.09. The molecule has 0 fully saturated rings. The lowest BCUT2D eigenvalue weighted by atomic mass is 10.1. The van der Waals surface area contributed by atoms with Crippen LogP contribution in [0, 0.1) is 12.3 Å². The maximum Gasteiger partial charge on any atom is 0.0435 e. The van der Waals surface area contributed by atoms with E-state index in [1.165, 1.54) is 0 Å². The Morgan fingerprint density at radius 3 is 2.62 bits per heavy atom. The molecule has 0 atom stereocenters. The van der Waals surface area contributed by atoms with Gasteiger partial charge in [-0.2, -0.15) is 0 Å². The summed E-state index contributed by atoms with van der Waals surface area (Å²) in [6, 6.07) is 5.90. The number of anilines is 1. The van der Waals surface area contributed by atoms with E-state index in [2.05, 4.69) is 12.5 Å². The van der Waals surface area contributed by atoms with Crippen molar-refractivity contribution in [1.82, 2.24) is 0 Å². The highest BCUT2D eigenvalue weighted by atomic mass is 15.1. The van der Waals surface area contributed by atoms with Gasteiger partial charge in [0.1, 0.15) is 0 Å². The lowest BCUT2D eigenvalue weighted by Crippen LogP contribution is -2.10. The van der Waals surface area contributed by atoms with E-state index in [0.717, 1.165) is 16.8 Å². The molecule has 1 nitrogen and oxygen atoms in total. The molecule has 0 saturated heterocycles. The van der Waals surface area contributed by atoms with Crippen molar-refractivity contribution in [3.8, 4) is 12.3 Å². The van der Waals surface area contributed by atoms with E-state index in [0.29, 0.717) is 0 Å². The van der Waals surface area contributed by atoms with Crippen LogP contribution in [-0.2, 0) is 0 Å². The van der Waals surface area contributed by atoms with Gasteiger partial charge in [-0.25, -0.2) is 0 Å². The molecule has 1 rings (SSSR count). The Hall–Kier alpha value is -1.68. The predicted molar refractivity (Wildman–Crippen MR) is 58.8 cm³/mol. The van der Waals surface area contributed by atoms with Crippen LogP contribution < -0.4 is 4.90 Å². The van der Waals surface area contributed by atoms with Crippen LogP contribution in [0.25, 0.3) is 6.08 Å². The molecule has 0 aliphatic carbocycles. The van der Waals surface area contributed by atoms with Crippen LogP contribution in [-0.4, -0.2) is 14.1 Å². The largest absolute Gasteiger partial charge is 0.377 e. The molecule has 66 valence electrons. The van der Waals surface area contributed by atoms with E-state index < -0.39 is 0 Å². The van der Waals surface area contributed by atoms with E-state index in [-0.39, 0.29) is 0 Å². The number of terminal acetylenes is 1. The highest BCUT2D eigenvalue weighted by Gasteiger charge is 2.01. The van der Waals surface area contributed by atoms with Gasteiger partial charge < -0.3 is 4.90 Å². The number of hydrogen-bond donors (Lipinski definition) is 0. The second kappa shape index (κ2) is 3.82. The van der Waals surface area contributed by atoms with Crippen molar-refractivity contribution in [2.75, 3.05) is 19.0 Å². The Labute approximate surface area is 79.7 Å². The maximum absolute atomic E-state index is 5.30. The fourth-order valence-electron chi connectivity index (χ4n) is 1.22. The summed E-state index contributed by atoms with van der Waals surface area (Å²) < 4.78 is 0. The lowest BCUT2D eigenvalue weighted by molar-refractivity contribution is 1.13. The SMILES string of the molecule is C#Cc1ccc(N(C)C)c(C=C)c1. The van der Waals surface area contributed by atoms with Gasteiger partial charge >= 0.3 is 0 Å². The molecule has 1 heteroatoms. The molecule has 0 unspecified atom stereocenters. The van der Waals surface area contributed by atoms with Crippen molar-refractivity contribution >= 4 is 11.8 Å². The molecule has 0 amide bonds. The van der Waals surface area contributed by atoms with E-state index >= 15 is 0 Å². The van der Waals surface area contributed by atoms with Crippen molar-refractivity contribution < 1.29 is 0 Å². The summed E-state index contributed by atoms with van der Waals surface area (Å²) in [4.78, 5) is 2.04. The van der Waals surface area contributed by atoms with Crippen molar-refractivity contribution in [3.63, 3.8) is 0 Å². The van der Waals surface area contributed by atoms with Gasteiger partial charge in [0.15, 0.2) is 0 Å². The highest BCUT2D eigenvalue weighted by Crippen LogP contribution is 2.20. The monoisotopic (exact) mass is 171 g/mol. The van der Waals surface area contributed by atoms with Crippen molar-refractivity contribution in [2.24, 2.45) is 0 Å². The first-order valence-corrected chi connectivity index (χ1v) is 4.09. The van der Waals surface area contributed by atoms with Gasteiger partial charge in [-0.1, -0.05) is 18.6 Å². The van der Waals surface area contributed by atoms with E-state index in [4.69, 9.17) is 6.42 Å². The van der Waals surface area contributed by atoms with Gasteiger partial charge in [-0.3, -0.25) is 0 Å². The minimum Gasteiger partial charge on any atom is -0.377 e. The molecule has 1 aromatic rings. The molecule has 1 aromatic carbocycles. The molecule has 0 saturated carbocycles. The molecule has 0 bridgehead atoms. The van der Waals surface area contributed by atoms with Crippen molar-refractivity contribution in [3.05, 3.63) is 35.9 Å². The van der Waals surface area contributed by atoms with Crippen molar-refractivity contribution in [1.29, 1.82) is 0 Å². The Balaban J connectivity index is 3.25. The Bertz CT molecular complexity index is 356. The highest BCUT2D eigenvalue weighted by molar-refractivity contribution is 5.68. The van der Waals surface area contributed by atoms with Gasteiger partial charge in [0, 0.05) is 25.3 Å². The zero-order valence-electron chi connectivity index (χ0n) is 8.04. The summed E-state index contributed by atoms with van der Waals surface area (Å²) in [6.07, 6.45) is 7.12. The van der Waals surface area contributed by atoms with Crippen LogP contribution >= 0.6 is 0 Å². The summed E-state index contributed by atoms with van der Waals surface area (Å²) in [5.74, 6) is 2.60. The molecule has 0 radical (unpaired) electrons. The normalized spacial score (nSPS) is 9.00. The second-order valence-electron chi connectivity index (χ2n) is 3.02. The third kappa shape index (κ3) is 1.91. The van der Waals surface area contributed by atoms with Gasteiger partial charge in [0.05, 0.1) is 0 Å². The fourth-order valence-corrected chi connectivity index (χ4v) is 1.22. The molecular weight excluding hydrogens is 158 g/mol. The zero-order chi connectivity index (χ0) is 9.84. The molecule has 0 aromatic heterocycles. The average Bonchev–Trinajstić information content (AvgIpc) is 2.16. The standard InChI is InChI=1S/C12H13N/c1-5-10-7-8-12(13(3)4)11(6-2)9-10/h1,6-9H,2H2,3-4H3. The number of rotatable bonds is 2. The molecular formula is C12H13N. The number of benzene rings is 1. The Morgan fingerprint density at radius 2 is 2.15 bits per heavy atom. The third-order valence-corrected chi connectivity index (χ3v) is 1.90. The smallest absolute Gasteiger partial charge is 0.0435 e. The zero-order valence-corrected chi connectivity index (χ0v) is 8.04. The van der Waals surface area contributed by atoms with Crippen LogP contribution in [0.15, 0.2) is 24.8 Å². The van der Waals surface area contributed by atoms with Gasteiger partial charge in [0.25, 0.3) is 0 Å². The number of hydrogen-bond acceptors (Lipinski definition) is 1. The van der Waals surface area contributed by atoms with E-state index in [1.807, 2.05) is 43.3 Å². The summed E-state index contributed by atoms with van der Waals surface area (Å²) >= 11 is 0. The minimum absolute atomic E-state index is 0.889. The van der Waals surface area contributed by atoms with Crippen LogP contribution in [0.3, 0.4) is 0 Å². The third-order valence-electron chi connectivity index (χ3n) is 1.90. The minimum atomic E-state index is 0.889. The van der Waals surface area contributed by atoms with E-state index in [9.17, 15) is 0 Å². The van der Waals surface area contributed by atoms with Crippen LogP contribution in [0.5, 0.6) is 0 Å². The summed E-state index contributed by atoms with van der Waals surface area (Å²) in [5, 5.41) is 0. The first-order chi connectivity index (χ1) is 6.19. The molecule has 0 heterocycles. The van der Waals surface area contributed by atoms with Crippen LogP contribution in [0.2, 0.25) is 0 Å². The summed E-state index contributed by atoms with van der Waals surface area (Å²) in [6.45, 7) is 3.75. The predicted octanol–water partition coefficient (Wildman–Crippen LogP) is 2.38. The van der Waals surface area contributed by atoms with Crippen LogP contribution in [0.4, 0.5) is 5.69 Å². The summed E-state index contributed by atoms with van der Waals surface area (Å²) in [7, 11) is 4.00. The average molecular weight is 171 g/mol. The number of nitrogens with zero attached hydrogens (tertiary/aromatic N) is 1. The second-order valence-corrected chi connectivity index (χ2v) is 3.02. The van der Waals surface area contributed by atoms with Gasteiger partial charge in [-0.15, -0.1) is 6.42 Å². The fraction of sp³-hybridized carbons (Fsp3) is 0.167. The summed E-state index contributed by atoms with van der Waals surface area (Å²) in [5.41, 5.74) is 3.09. The van der Waals surface area contributed by atoms with E-state index in [1.54, 1.807) is 0 Å².